The molecule has 0 amide bonds. The van der Waals surface area contributed by atoms with Crippen molar-refractivity contribution in [3.63, 3.8) is 0 Å². The van der Waals surface area contributed by atoms with E-state index in [-0.39, 0.29) is 0 Å². The summed E-state index contributed by atoms with van der Waals surface area (Å²) in [6.07, 6.45) is 1.62. The fourth-order valence-electron chi connectivity index (χ4n) is 1.07. The number of aryl methyl sites for hydroxylation is 2. The van der Waals surface area contributed by atoms with E-state index in [1.165, 1.54) is 0 Å². The van der Waals surface area contributed by atoms with Gasteiger partial charge in [-0.05, 0) is 19.1 Å². The topological polar surface area (TPSA) is 51.4 Å². The van der Waals surface area contributed by atoms with Crippen LogP contribution < -0.4 is 0 Å². The Bertz CT molecular complexity index is 458. The van der Waals surface area contributed by atoms with Crippen LogP contribution >= 0.6 is 12.2 Å². The van der Waals surface area contributed by atoms with Gasteiger partial charge in [0, 0.05) is 18.8 Å². The van der Waals surface area contributed by atoms with E-state index in [2.05, 4.69) is 15.3 Å². The maximum atomic E-state index is 5.02. The minimum Gasteiger partial charge on any atom is -0.271 e. The summed E-state index contributed by atoms with van der Waals surface area (Å²) in [4.78, 5) is 0. The zero-order chi connectivity index (χ0) is 9.42. The molecular weight excluding hydrogens is 186 g/mol. The minimum absolute atomic E-state index is 0.554. The lowest BCUT2D eigenvalue weighted by molar-refractivity contribution is 0.726. The fraction of sp³-hybridized carbons (Fsp3) is 0.286. The first-order chi connectivity index (χ1) is 6.18. The number of aromatic nitrogens is 5. The summed E-state index contributed by atoms with van der Waals surface area (Å²) in [5.41, 5.74) is 1.08. The Hall–Kier alpha value is -1.43. The molecule has 0 fully saturated rings. The summed E-state index contributed by atoms with van der Waals surface area (Å²) in [5, 5.41) is 10.8. The highest BCUT2D eigenvalue weighted by Crippen LogP contribution is 2.06. The molecule has 2 aromatic heterocycles. The van der Waals surface area contributed by atoms with Gasteiger partial charge in [0.25, 0.3) is 0 Å². The molecular formula is C7H9N5S. The second-order valence-electron chi connectivity index (χ2n) is 2.80. The van der Waals surface area contributed by atoms with Crippen LogP contribution in [-0.2, 0) is 7.05 Å². The Morgan fingerprint density at radius 1 is 1.54 bits per heavy atom. The van der Waals surface area contributed by atoms with Gasteiger partial charge < -0.3 is 0 Å². The third-order valence-electron chi connectivity index (χ3n) is 1.90. The molecule has 0 saturated carbocycles. The molecule has 0 unspecified atom stereocenters. The molecule has 0 aliphatic carbocycles. The largest absolute Gasteiger partial charge is 0.271 e. The zero-order valence-corrected chi connectivity index (χ0v) is 8.17. The first-order valence-electron chi connectivity index (χ1n) is 3.81. The molecule has 0 saturated heterocycles. The zero-order valence-electron chi connectivity index (χ0n) is 7.35. The summed E-state index contributed by atoms with van der Waals surface area (Å²) in [6, 6.07) is 1.95. The van der Waals surface area contributed by atoms with E-state index in [4.69, 9.17) is 12.2 Å². The Morgan fingerprint density at radius 3 is 2.77 bits per heavy atom. The van der Waals surface area contributed by atoms with E-state index < -0.39 is 0 Å². The van der Waals surface area contributed by atoms with Gasteiger partial charge in [-0.2, -0.15) is 10.2 Å². The number of hydrogen-bond acceptors (Lipinski definition) is 3. The van der Waals surface area contributed by atoms with Gasteiger partial charge in [-0.25, -0.2) is 0 Å². The molecule has 1 N–H and O–H groups in total. The van der Waals surface area contributed by atoms with Crippen molar-refractivity contribution >= 4 is 12.2 Å². The average Bonchev–Trinajstić information content (AvgIpc) is 2.60. The van der Waals surface area contributed by atoms with Crippen LogP contribution in [0.2, 0.25) is 0 Å². The van der Waals surface area contributed by atoms with Crippen LogP contribution in [0.25, 0.3) is 5.82 Å². The van der Waals surface area contributed by atoms with E-state index in [9.17, 15) is 0 Å². The Kier molecular flexibility index (Phi) is 1.77. The molecule has 68 valence electrons. The fourth-order valence-corrected chi connectivity index (χ4v) is 1.26. The quantitative estimate of drug-likeness (QED) is 0.690. The molecule has 0 bridgehead atoms. The standard InChI is InChI=1S/C7H9N5S/c1-5-3-6(10-11(5)2)12-4-8-9-7(12)13/h3-4H,1-2H3,(H,9,13). The van der Waals surface area contributed by atoms with Crippen LogP contribution in [0, 0.1) is 11.7 Å². The highest BCUT2D eigenvalue weighted by atomic mass is 32.1. The number of H-pyrrole nitrogens is 1. The van der Waals surface area contributed by atoms with Crippen LogP contribution in [0.4, 0.5) is 0 Å². The lowest BCUT2D eigenvalue weighted by Crippen LogP contribution is -1.96. The molecule has 13 heavy (non-hydrogen) atoms. The normalized spacial score (nSPS) is 10.6. The van der Waals surface area contributed by atoms with Gasteiger partial charge in [0.05, 0.1) is 0 Å². The van der Waals surface area contributed by atoms with Crippen molar-refractivity contribution in [2.75, 3.05) is 0 Å². The summed E-state index contributed by atoms with van der Waals surface area (Å²) in [5.74, 6) is 0.791. The lowest BCUT2D eigenvalue weighted by atomic mass is 10.5. The molecule has 6 heteroatoms. The molecule has 5 nitrogen and oxygen atoms in total. The van der Waals surface area contributed by atoms with Crippen LogP contribution in [0.1, 0.15) is 5.69 Å². The van der Waals surface area contributed by atoms with Gasteiger partial charge in [0.2, 0.25) is 4.77 Å². The van der Waals surface area contributed by atoms with Gasteiger partial charge in [-0.1, -0.05) is 0 Å². The van der Waals surface area contributed by atoms with Crippen molar-refractivity contribution in [2.24, 2.45) is 7.05 Å². The average molecular weight is 195 g/mol. The summed E-state index contributed by atoms with van der Waals surface area (Å²) in [6.45, 7) is 1.99. The smallest absolute Gasteiger partial charge is 0.200 e. The third kappa shape index (κ3) is 1.29. The monoisotopic (exact) mass is 195 g/mol. The van der Waals surface area contributed by atoms with E-state index >= 15 is 0 Å². The predicted molar refractivity (Wildman–Crippen MR) is 50.3 cm³/mol. The minimum atomic E-state index is 0.554. The van der Waals surface area contributed by atoms with Crippen LogP contribution in [0.5, 0.6) is 0 Å². The lowest BCUT2D eigenvalue weighted by Gasteiger charge is -1.92. The van der Waals surface area contributed by atoms with E-state index in [0.29, 0.717) is 4.77 Å². The van der Waals surface area contributed by atoms with E-state index in [1.54, 1.807) is 15.6 Å². The van der Waals surface area contributed by atoms with Gasteiger partial charge in [-0.3, -0.25) is 14.3 Å². The molecule has 2 rings (SSSR count). The Labute approximate surface area is 80.0 Å². The summed E-state index contributed by atoms with van der Waals surface area (Å²) in [7, 11) is 1.89. The summed E-state index contributed by atoms with van der Waals surface area (Å²) >= 11 is 5.02. The molecule has 0 aliphatic heterocycles. The van der Waals surface area contributed by atoms with Gasteiger partial charge in [-0.15, -0.1) is 0 Å². The number of nitrogens with zero attached hydrogens (tertiary/aromatic N) is 4. The predicted octanol–water partition coefficient (Wildman–Crippen LogP) is 0.972. The molecule has 0 spiro atoms. The van der Waals surface area contributed by atoms with Crippen LogP contribution in [-0.4, -0.2) is 24.5 Å². The Morgan fingerprint density at radius 2 is 2.31 bits per heavy atom. The number of aromatic amines is 1. The highest BCUT2D eigenvalue weighted by molar-refractivity contribution is 7.71. The van der Waals surface area contributed by atoms with Gasteiger partial charge in [0.15, 0.2) is 5.82 Å². The van der Waals surface area contributed by atoms with Crippen molar-refractivity contribution in [3.05, 3.63) is 22.9 Å². The first kappa shape index (κ1) is 8.18. The second-order valence-corrected chi connectivity index (χ2v) is 3.19. The van der Waals surface area contributed by atoms with Crippen molar-refractivity contribution in [2.45, 2.75) is 6.92 Å². The molecule has 2 aromatic rings. The third-order valence-corrected chi connectivity index (χ3v) is 2.19. The van der Waals surface area contributed by atoms with Gasteiger partial charge >= 0.3 is 0 Å². The first-order valence-corrected chi connectivity index (χ1v) is 4.22. The van der Waals surface area contributed by atoms with Gasteiger partial charge in [0.1, 0.15) is 6.33 Å². The number of rotatable bonds is 1. The summed E-state index contributed by atoms with van der Waals surface area (Å²) < 4.78 is 4.07. The van der Waals surface area contributed by atoms with Crippen LogP contribution in [0.15, 0.2) is 12.4 Å². The number of hydrogen-bond donors (Lipinski definition) is 1. The Balaban J connectivity index is 2.59. The second kappa shape index (κ2) is 2.81. The van der Waals surface area contributed by atoms with Crippen molar-refractivity contribution in [1.29, 1.82) is 0 Å². The maximum absolute atomic E-state index is 5.02. The molecule has 0 atom stereocenters. The van der Waals surface area contributed by atoms with Crippen molar-refractivity contribution in [1.82, 2.24) is 24.5 Å². The maximum Gasteiger partial charge on any atom is 0.200 e. The molecule has 0 aromatic carbocycles. The SMILES string of the molecule is Cc1cc(-n2cn[nH]c2=S)nn1C. The number of nitrogens with one attached hydrogen (secondary N) is 1. The highest BCUT2D eigenvalue weighted by Gasteiger charge is 2.03. The van der Waals surface area contributed by atoms with Crippen LogP contribution in [0.3, 0.4) is 0 Å². The molecule has 0 aliphatic rings. The molecule has 0 radical (unpaired) electrons. The van der Waals surface area contributed by atoms with E-state index in [0.717, 1.165) is 11.5 Å². The van der Waals surface area contributed by atoms with E-state index in [1.807, 2.05) is 20.0 Å². The molecule has 2 heterocycles. The van der Waals surface area contributed by atoms with Crippen molar-refractivity contribution < 1.29 is 0 Å². The van der Waals surface area contributed by atoms with Crippen molar-refractivity contribution in [3.8, 4) is 5.82 Å².